The second-order valence-electron chi connectivity index (χ2n) is 4.75. The number of rotatable bonds is 8. The fourth-order valence-electron chi connectivity index (χ4n) is 2.01. The predicted octanol–water partition coefficient (Wildman–Crippen LogP) is 2.92. The zero-order chi connectivity index (χ0) is 14.3. The van der Waals surface area contributed by atoms with Crippen LogP contribution in [0, 0.1) is 0 Å². The number of aromatic carboxylic acids is 1. The standard InChI is InChI=1S/C15H24N2O2/c1-4-17(5-2)10-9-12(3)16-14-8-6-7-13(11-14)15(18)19/h6-8,11-12,16H,4-5,9-10H2,1-3H3,(H,18,19). The molecule has 0 radical (unpaired) electrons. The van der Waals surface area contributed by atoms with Crippen LogP contribution in [0.5, 0.6) is 0 Å². The molecule has 0 fully saturated rings. The van der Waals surface area contributed by atoms with E-state index in [0.717, 1.165) is 31.7 Å². The van der Waals surface area contributed by atoms with Crippen LogP contribution in [0.3, 0.4) is 0 Å². The normalized spacial score (nSPS) is 12.4. The molecule has 1 aromatic rings. The summed E-state index contributed by atoms with van der Waals surface area (Å²) in [7, 11) is 0. The van der Waals surface area contributed by atoms with Crippen LogP contribution < -0.4 is 5.32 Å². The molecule has 106 valence electrons. The maximum Gasteiger partial charge on any atom is 0.335 e. The summed E-state index contributed by atoms with van der Waals surface area (Å²) < 4.78 is 0. The average molecular weight is 264 g/mol. The summed E-state index contributed by atoms with van der Waals surface area (Å²) in [6.07, 6.45) is 1.04. The third-order valence-corrected chi connectivity index (χ3v) is 3.30. The Bertz CT molecular complexity index is 403. The molecular formula is C15H24N2O2. The predicted molar refractivity (Wildman–Crippen MR) is 78.9 cm³/mol. The van der Waals surface area contributed by atoms with E-state index in [4.69, 9.17) is 5.11 Å². The Morgan fingerprint density at radius 1 is 1.37 bits per heavy atom. The zero-order valence-electron chi connectivity index (χ0n) is 12.0. The van der Waals surface area contributed by atoms with Crippen molar-refractivity contribution in [1.82, 2.24) is 4.90 Å². The van der Waals surface area contributed by atoms with Gasteiger partial charge in [0.2, 0.25) is 0 Å². The van der Waals surface area contributed by atoms with E-state index in [1.807, 2.05) is 6.07 Å². The molecule has 0 saturated heterocycles. The van der Waals surface area contributed by atoms with Gasteiger partial charge in [0.15, 0.2) is 0 Å². The number of nitrogens with zero attached hydrogens (tertiary/aromatic N) is 1. The zero-order valence-corrected chi connectivity index (χ0v) is 12.0. The number of anilines is 1. The summed E-state index contributed by atoms with van der Waals surface area (Å²) in [6, 6.07) is 7.28. The molecule has 0 amide bonds. The van der Waals surface area contributed by atoms with Crippen LogP contribution in [0.2, 0.25) is 0 Å². The van der Waals surface area contributed by atoms with Crippen molar-refractivity contribution in [1.29, 1.82) is 0 Å². The van der Waals surface area contributed by atoms with Gasteiger partial charge >= 0.3 is 5.97 Å². The summed E-state index contributed by atoms with van der Waals surface area (Å²) in [6.45, 7) is 9.64. The molecule has 0 aliphatic rings. The van der Waals surface area contributed by atoms with Crippen LogP contribution in [-0.2, 0) is 0 Å². The molecule has 4 nitrogen and oxygen atoms in total. The molecule has 0 spiro atoms. The van der Waals surface area contributed by atoms with Crippen LogP contribution in [0.15, 0.2) is 24.3 Å². The smallest absolute Gasteiger partial charge is 0.335 e. The Hall–Kier alpha value is -1.55. The molecule has 1 rings (SSSR count). The van der Waals surface area contributed by atoms with Crippen LogP contribution in [0.1, 0.15) is 37.6 Å². The van der Waals surface area contributed by atoms with Crippen molar-refractivity contribution in [3.05, 3.63) is 29.8 Å². The lowest BCUT2D eigenvalue weighted by Gasteiger charge is -2.21. The van der Waals surface area contributed by atoms with Crippen LogP contribution >= 0.6 is 0 Å². The summed E-state index contributed by atoms with van der Waals surface area (Å²) >= 11 is 0. The first-order valence-electron chi connectivity index (χ1n) is 6.89. The average Bonchev–Trinajstić information content (AvgIpc) is 2.40. The fraction of sp³-hybridized carbons (Fsp3) is 0.533. The van der Waals surface area contributed by atoms with Gasteiger partial charge in [0.05, 0.1) is 5.56 Å². The lowest BCUT2D eigenvalue weighted by atomic mass is 10.1. The van der Waals surface area contributed by atoms with Crippen molar-refractivity contribution in [3.63, 3.8) is 0 Å². The topological polar surface area (TPSA) is 52.6 Å². The minimum absolute atomic E-state index is 0.320. The maximum absolute atomic E-state index is 10.9. The highest BCUT2D eigenvalue weighted by molar-refractivity contribution is 5.88. The van der Waals surface area contributed by atoms with E-state index in [1.54, 1.807) is 18.2 Å². The Labute approximate surface area is 115 Å². The molecule has 1 unspecified atom stereocenters. The van der Waals surface area contributed by atoms with E-state index >= 15 is 0 Å². The lowest BCUT2D eigenvalue weighted by Crippen LogP contribution is -2.28. The SMILES string of the molecule is CCN(CC)CCC(C)Nc1cccc(C(=O)O)c1. The number of carboxylic acids is 1. The van der Waals surface area contributed by atoms with Gasteiger partial charge in [-0.05, 0) is 44.6 Å². The highest BCUT2D eigenvalue weighted by Crippen LogP contribution is 2.13. The third-order valence-electron chi connectivity index (χ3n) is 3.30. The van der Waals surface area contributed by atoms with Crippen molar-refractivity contribution in [2.45, 2.75) is 33.2 Å². The van der Waals surface area contributed by atoms with E-state index < -0.39 is 5.97 Å². The summed E-state index contributed by atoms with van der Waals surface area (Å²) in [4.78, 5) is 13.3. The van der Waals surface area contributed by atoms with Gasteiger partial charge < -0.3 is 15.3 Å². The van der Waals surface area contributed by atoms with Crippen LogP contribution in [-0.4, -0.2) is 41.7 Å². The van der Waals surface area contributed by atoms with Crippen LogP contribution in [0.25, 0.3) is 0 Å². The molecule has 0 aliphatic carbocycles. The van der Waals surface area contributed by atoms with Crippen molar-refractivity contribution in [2.24, 2.45) is 0 Å². The maximum atomic E-state index is 10.9. The summed E-state index contributed by atoms with van der Waals surface area (Å²) in [5, 5.41) is 12.3. The first-order chi connectivity index (χ1) is 9.06. The Kier molecular flexibility index (Phi) is 6.36. The minimum atomic E-state index is -0.889. The quantitative estimate of drug-likeness (QED) is 0.758. The molecule has 2 N–H and O–H groups in total. The van der Waals surface area contributed by atoms with Gasteiger partial charge in [0, 0.05) is 18.3 Å². The fourth-order valence-corrected chi connectivity index (χ4v) is 2.01. The Balaban J connectivity index is 2.50. The van der Waals surface area contributed by atoms with Gasteiger partial charge in [-0.1, -0.05) is 19.9 Å². The molecule has 1 atom stereocenters. The third kappa shape index (κ3) is 5.30. The van der Waals surface area contributed by atoms with Gasteiger partial charge in [-0.15, -0.1) is 0 Å². The largest absolute Gasteiger partial charge is 0.478 e. The lowest BCUT2D eigenvalue weighted by molar-refractivity contribution is 0.0697. The molecule has 0 bridgehead atoms. The van der Waals surface area contributed by atoms with Gasteiger partial charge in [-0.2, -0.15) is 0 Å². The van der Waals surface area contributed by atoms with Gasteiger partial charge in [0.25, 0.3) is 0 Å². The Morgan fingerprint density at radius 3 is 2.63 bits per heavy atom. The van der Waals surface area contributed by atoms with Crippen LogP contribution in [0.4, 0.5) is 5.69 Å². The number of benzene rings is 1. The number of carbonyl (C=O) groups is 1. The molecule has 0 aromatic heterocycles. The molecule has 4 heteroatoms. The molecule has 0 saturated carbocycles. The highest BCUT2D eigenvalue weighted by Gasteiger charge is 2.07. The highest BCUT2D eigenvalue weighted by atomic mass is 16.4. The Morgan fingerprint density at radius 2 is 2.05 bits per heavy atom. The molecule has 1 aromatic carbocycles. The molecular weight excluding hydrogens is 240 g/mol. The molecule has 19 heavy (non-hydrogen) atoms. The first kappa shape index (κ1) is 15.5. The van der Waals surface area contributed by atoms with E-state index in [0.29, 0.717) is 11.6 Å². The number of nitrogens with one attached hydrogen (secondary N) is 1. The van der Waals surface area contributed by atoms with E-state index in [9.17, 15) is 4.79 Å². The van der Waals surface area contributed by atoms with E-state index in [1.165, 1.54) is 0 Å². The molecule has 0 heterocycles. The van der Waals surface area contributed by atoms with Crippen molar-refractivity contribution < 1.29 is 9.90 Å². The van der Waals surface area contributed by atoms with Gasteiger partial charge in [-0.3, -0.25) is 0 Å². The second-order valence-corrected chi connectivity index (χ2v) is 4.75. The summed E-state index contributed by atoms with van der Waals surface area (Å²) in [5.74, 6) is -0.889. The second kappa shape index (κ2) is 7.79. The molecule has 0 aliphatic heterocycles. The van der Waals surface area contributed by atoms with E-state index in [2.05, 4.69) is 31.0 Å². The van der Waals surface area contributed by atoms with Crippen molar-refractivity contribution in [3.8, 4) is 0 Å². The first-order valence-corrected chi connectivity index (χ1v) is 6.89. The van der Waals surface area contributed by atoms with Gasteiger partial charge in [-0.25, -0.2) is 4.79 Å². The number of hydrogen-bond acceptors (Lipinski definition) is 3. The monoisotopic (exact) mass is 264 g/mol. The van der Waals surface area contributed by atoms with Crippen molar-refractivity contribution >= 4 is 11.7 Å². The number of hydrogen-bond donors (Lipinski definition) is 2. The summed E-state index contributed by atoms with van der Waals surface area (Å²) in [5.41, 5.74) is 1.19. The minimum Gasteiger partial charge on any atom is -0.478 e. The van der Waals surface area contributed by atoms with Gasteiger partial charge in [0.1, 0.15) is 0 Å². The van der Waals surface area contributed by atoms with Crippen molar-refractivity contribution in [2.75, 3.05) is 25.0 Å². The van der Waals surface area contributed by atoms with E-state index in [-0.39, 0.29) is 0 Å². The number of carboxylic acid groups (broad SMARTS) is 1.